The van der Waals surface area contributed by atoms with Gasteiger partial charge in [0.05, 0.1) is 21.3 Å². The van der Waals surface area contributed by atoms with Crippen LogP contribution in [0, 0.1) is 0 Å². The van der Waals surface area contributed by atoms with Gasteiger partial charge in [0.2, 0.25) is 10.0 Å². The fourth-order valence-corrected chi connectivity index (χ4v) is 5.33. The summed E-state index contributed by atoms with van der Waals surface area (Å²) in [6.07, 6.45) is 4.65. The number of sulfonamides is 1. The molecule has 0 amide bonds. The number of benzene rings is 2. The predicted octanol–water partition coefficient (Wildman–Crippen LogP) is 4.02. The second kappa shape index (κ2) is 9.05. The molecule has 1 aliphatic carbocycles. The molecule has 3 rings (SSSR count). The Balaban J connectivity index is 1.95. The van der Waals surface area contributed by atoms with Gasteiger partial charge >= 0.3 is 0 Å². The number of hydrogen-bond donors (Lipinski definition) is 1. The van der Waals surface area contributed by atoms with Crippen molar-refractivity contribution in [3.8, 4) is 17.2 Å². The zero-order chi connectivity index (χ0) is 21.0. The summed E-state index contributed by atoms with van der Waals surface area (Å²) in [6.45, 7) is 1.94. The van der Waals surface area contributed by atoms with E-state index in [-0.39, 0.29) is 4.90 Å². The van der Waals surface area contributed by atoms with Gasteiger partial charge in [0.1, 0.15) is 10.6 Å². The van der Waals surface area contributed by atoms with Gasteiger partial charge in [-0.3, -0.25) is 0 Å². The molecule has 7 heteroatoms. The molecule has 0 aromatic heterocycles. The van der Waals surface area contributed by atoms with Crippen LogP contribution in [0.1, 0.15) is 48.9 Å². The van der Waals surface area contributed by atoms with Crippen LogP contribution in [0.3, 0.4) is 0 Å². The first-order valence-electron chi connectivity index (χ1n) is 9.87. The normalized spacial score (nSPS) is 14.8. The minimum atomic E-state index is -3.78. The number of aryl methyl sites for hydroxylation is 2. The molecule has 0 fully saturated rings. The molecular weight excluding hydrogens is 390 g/mol. The van der Waals surface area contributed by atoms with Crippen LogP contribution >= 0.6 is 0 Å². The quantitative estimate of drug-likeness (QED) is 0.700. The van der Waals surface area contributed by atoms with E-state index in [9.17, 15) is 8.42 Å². The number of nitrogens with one attached hydrogen (secondary N) is 1. The largest absolute Gasteiger partial charge is 0.495 e. The van der Waals surface area contributed by atoms with E-state index in [1.165, 1.54) is 12.7 Å². The van der Waals surface area contributed by atoms with Gasteiger partial charge in [-0.1, -0.05) is 13.0 Å². The Morgan fingerprint density at radius 3 is 2.10 bits per heavy atom. The first kappa shape index (κ1) is 21.5. The highest BCUT2D eigenvalue weighted by Crippen LogP contribution is 2.34. The van der Waals surface area contributed by atoms with Crippen molar-refractivity contribution in [2.75, 3.05) is 21.3 Å². The number of rotatable bonds is 8. The van der Waals surface area contributed by atoms with Crippen molar-refractivity contribution in [2.24, 2.45) is 0 Å². The molecule has 0 bridgehead atoms. The van der Waals surface area contributed by atoms with E-state index in [1.807, 2.05) is 19.1 Å². The SMILES string of the molecule is CC[C@@H](NS(=O)(=O)c1cc2c(cc1OC)CCCC2)c1ccc(OC)c(OC)c1. The maximum absolute atomic E-state index is 13.3. The standard InChI is InChI=1S/C22H29NO5S/c1-5-18(17-10-11-19(26-2)20(13-17)27-3)23-29(24,25)22-14-16-9-7-6-8-15(16)12-21(22)28-4/h10-14,18,23H,5-9H2,1-4H3/t18-/m1/s1. The van der Waals surface area contributed by atoms with E-state index < -0.39 is 16.1 Å². The topological polar surface area (TPSA) is 73.9 Å². The van der Waals surface area contributed by atoms with Crippen LogP contribution in [0.15, 0.2) is 35.2 Å². The van der Waals surface area contributed by atoms with Crippen LogP contribution in [-0.2, 0) is 22.9 Å². The summed E-state index contributed by atoms with van der Waals surface area (Å²) < 4.78 is 45.5. The molecule has 0 saturated heterocycles. The Kier molecular flexibility index (Phi) is 6.70. The van der Waals surface area contributed by atoms with Crippen molar-refractivity contribution in [3.05, 3.63) is 47.0 Å². The Bertz CT molecular complexity index is 971. The second-order valence-corrected chi connectivity index (χ2v) is 8.86. The highest BCUT2D eigenvalue weighted by atomic mass is 32.2. The van der Waals surface area contributed by atoms with Crippen LogP contribution < -0.4 is 18.9 Å². The number of methoxy groups -OCH3 is 3. The molecule has 0 heterocycles. The zero-order valence-corrected chi connectivity index (χ0v) is 18.3. The van der Waals surface area contributed by atoms with E-state index in [4.69, 9.17) is 14.2 Å². The fourth-order valence-electron chi connectivity index (χ4n) is 3.82. The molecule has 2 aromatic carbocycles. The van der Waals surface area contributed by atoms with Crippen molar-refractivity contribution < 1.29 is 22.6 Å². The predicted molar refractivity (Wildman–Crippen MR) is 113 cm³/mol. The number of hydrogen-bond acceptors (Lipinski definition) is 5. The lowest BCUT2D eigenvalue weighted by atomic mass is 9.92. The fraction of sp³-hybridized carbons (Fsp3) is 0.455. The lowest BCUT2D eigenvalue weighted by Crippen LogP contribution is -2.29. The Morgan fingerprint density at radius 2 is 1.52 bits per heavy atom. The van der Waals surface area contributed by atoms with Gasteiger partial charge in [-0.05, 0) is 73.1 Å². The van der Waals surface area contributed by atoms with Gasteiger partial charge in [0.25, 0.3) is 0 Å². The molecule has 29 heavy (non-hydrogen) atoms. The van der Waals surface area contributed by atoms with E-state index in [0.717, 1.165) is 36.8 Å². The lowest BCUT2D eigenvalue weighted by molar-refractivity contribution is 0.354. The summed E-state index contributed by atoms with van der Waals surface area (Å²) in [5.74, 6) is 1.56. The minimum Gasteiger partial charge on any atom is -0.495 e. The first-order chi connectivity index (χ1) is 13.9. The van der Waals surface area contributed by atoms with Crippen molar-refractivity contribution in [1.29, 1.82) is 0 Å². The van der Waals surface area contributed by atoms with E-state index >= 15 is 0 Å². The lowest BCUT2D eigenvalue weighted by Gasteiger charge is -2.22. The van der Waals surface area contributed by atoms with Gasteiger partial charge < -0.3 is 14.2 Å². The molecule has 0 radical (unpaired) electrons. The number of fused-ring (bicyclic) bond motifs is 1. The Hall–Kier alpha value is -2.25. The molecule has 6 nitrogen and oxygen atoms in total. The highest BCUT2D eigenvalue weighted by molar-refractivity contribution is 7.89. The van der Waals surface area contributed by atoms with Crippen molar-refractivity contribution in [3.63, 3.8) is 0 Å². The third-order valence-corrected chi connectivity index (χ3v) is 6.93. The molecule has 2 aromatic rings. The summed E-state index contributed by atoms with van der Waals surface area (Å²) >= 11 is 0. The Labute approximate surface area is 173 Å². The van der Waals surface area contributed by atoms with Gasteiger partial charge in [-0.25, -0.2) is 13.1 Å². The molecule has 1 N–H and O–H groups in total. The number of ether oxygens (including phenoxy) is 3. The average molecular weight is 420 g/mol. The molecular formula is C22H29NO5S. The first-order valence-corrected chi connectivity index (χ1v) is 11.4. The average Bonchev–Trinajstić information content (AvgIpc) is 2.75. The molecule has 0 aliphatic heterocycles. The highest BCUT2D eigenvalue weighted by Gasteiger charge is 2.26. The molecule has 1 atom stereocenters. The third kappa shape index (κ3) is 4.51. The van der Waals surface area contributed by atoms with Crippen LogP contribution in [-0.4, -0.2) is 29.7 Å². The maximum Gasteiger partial charge on any atom is 0.244 e. The zero-order valence-electron chi connectivity index (χ0n) is 17.4. The van der Waals surface area contributed by atoms with E-state index in [1.54, 1.807) is 32.4 Å². The summed E-state index contributed by atoms with van der Waals surface area (Å²) in [7, 11) is 0.860. The Morgan fingerprint density at radius 1 is 0.897 bits per heavy atom. The van der Waals surface area contributed by atoms with Gasteiger partial charge in [0, 0.05) is 6.04 Å². The maximum atomic E-state index is 13.3. The second-order valence-electron chi connectivity index (χ2n) is 7.18. The molecule has 0 spiro atoms. The molecule has 0 unspecified atom stereocenters. The summed E-state index contributed by atoms with van der Waals surface area (Å²) in [6, 6.07) is 8.68. The molecule has 1 aliphatic rings. The monoisotopic (exact) mass is 419 g/mol. The van der Waals surface area contributed by atoms with E-state index in [2.05, 4.69) is 4.72 Å². The minimum absolute atomic E-state index is 0.194. The summed E-state index contributed by atoms with van der Waals surface area (Å²) in [4.78, 5) is 0.194. The molecule has 158 valence electrons. The summed E-state index contributed by atoms with van der Waals surface area (Å²) in [5, 5.41) is 0. The van der Waals surface area contributed by atoms with Crippen molar-refractivity contribution >= 4 is 10.0 Å². The third-order valence-electron chi connectivity index (χ3n) is 5.43. The van der Waals surface area contributed by atoms with Crippen LogP contribution in [0.2, 0.25) is 0 Å². The van der Waals surface area contributed by atoms with E-state index in [0.29, 0.717) is 23.7 Å². The van der Waals surface area contributed by atoms with Crippen LogP contribution in [0.4, 0.5) is 0 Å². The van der Waals surface area contributed by atoms with Gasteiger partial charge in [-0.15, -0.1) is 0 Å². The summed E-state index contributed by atoms with van der Waals surface area (Å²) in [5.41, 5.74) is 3.08. The van der Waals surface area contributed by atoms with Gasteiger partial charge in [0.15, 0.2) is 11.5 Å². The van der Waals surface area contributed by atoms with Crippen molar-refractivity contribution in [1.82, 2.24) is 4.72 Å². The van der Waals surface area contributed by atoms with Gasteiger partial charge in [-0.2, -0.15) is 0 Å². The van der Waals surface area contributed by atoms with Crippen LogP contribution in [0.25, 0.3) is 0 Å². The van der Waals surface area contributed by atoms with Crippen LogP contribution in [0.5, 0.6) is 17.2 Å². The van der Waals surface area contributed by atoms with Crippen molar-refractivity contribution in [2.45, 2.75) is 50.0 Å². The smallest absolute Gasteiger partial charge is 0.244 e. The molecule has 0 saturated carbocycles.